The van der Waals surface area contributed by atoms with Gasteiger partial charge >= 0.3 is 11.9 Å². The van der Waals surface area contributed by atoms with E-state index in [0.717, 1.165) is 5.56 Å². The lowest BCUT2D eigenvalue weighted by Gasteiger charge is -2.18. The van der Waals surface area contributed by atoms with Crippen LogP contribution in [0.1, 0.15) is 29.0 Å². The third kappa shape index (κ3) is 4.73. The van der Waals surface area contributed by atoms with Gasteiger partial charge in [-0.2, -0.15) is 0 Å². The lowest BCUT2D eigenvalue weighted by atomic mass is 10.1. The molecular formula is C21H23NO8. The number of esters is 2. The SMILES string of the molecule is COC(=O)CC[C@H](NC(=O)c1cc(-c2ccc3c(c2)OCCO3)oc1C)C(=O)OC. The minimum absolute atomic E-state index is 0.0383. The predicted octanol–water partition coefficient (Wildman–Crippen LogP) is 2.25. The maximum atomic E-state index is 12.7. The first-order valence-corrected chi connectivity index (χ1v) is 9.39. The smallest absolute Gasteiger partial charge is 0.328 e. The van der Waals surface area contributed by atoms with E-state index < -0.39 is 23.9 Å². The van der Waals surface area contributed by atoms with Crippen LogP contribution in [0.4, 0.5) is 0 Å². The molecule has 1 aromatic carbocycles. The zero-order valence-corrected chi connectivity index (χ0v) is 17.0. The van der Waals surface area contributed by atoms with Gasteiger partial charge in [-0.05, 0) is 37.6 Å². The summed E-state index contributed by atoms with van der Waals surface area (Å²) in [5.74, 6) is 0.456. The summed E-state index contributed by atoms with van der Waals surface area (Å²) < 4.78 is 26.1. The maximum absolute atomic E-state index is 12.7. The Bertz CT molecular complexity index is 948. The average molecular weight is 417 g/mol. The number of furan rings is 1. The van der Waals surface area contributed by atoms with E-state index in [1.54, 1.807) is 31.2 Å². The lowest BCUT2D eigenvalue weighted by Crippen LogP contribution is -2.42. The highest BCUT2D eigenvalue weighted by atomic mass is 16.6. The summed E-state index contributed by atoms with van der Waals surface area (Å²) >= 11 is 0. The van der Waals surface area contributed by atoms with Crippen molar-refractivity contribution in [2.24, 2.45) is 0 Å². The number of fused-ring (bicyclic) bond motifs is 1. The highest BCUT2D eigenvalue weighted by molar-refractivity contribution is 5.98. The normalized spacial score (nSPS) is 13.3. The fourth-order valence-corrected chi connectivity index (χ4v) is 3.04. The summed E-state index contributed by atoms with van der Waals surface area (Å²) in [7, 11) is 2.46. The maximum Gasteiger partial charge on any atom is 0.328 e. The Kier molecular flexibility index (Phi) is 6.61. The number of hydrogen-bond donors (Lipinski definition) is 1. The number of ether oxygens (including phenoxy) is 4. The van der Waals surface area contributed by atoms with E-state index in [1.807, 2.05) is 0 Å². The van der Waals surface area contributed by atoms with E-state index in [4.69, 9.17) is 18.6 Å². The van der Waals surface area contributed by atoms with Gasteiger partial charge in [0.25, 0.3) is 5.91 Å². The van der Waals surface area contributed by atoms with Gasteiger partial charge in [0.05, 0.1) is 19.8 Å². The van der Waals surface area contributed by atoms with Crippen LogP contribution in [0.2, 0.25) is 0 Å². The summed E-state index contributed by atoms with van der Waals surface area (Å²) in [5.41, 5.74) is 0.989. The van der Waals surface area contributed by atoms with Crippen LogP contribution in [0.3, 0.4) is 0 Å². The van der Waals surface area contributed by atoms with Crippen molar-refractivity contribution in [1.29, 1.82) is 0 Å². The van der Waals surface area contributed by atoms with Crippen LogP contribution in [0, 0.1) is 6.92 Å². The predicted molar refractivity (Wildman–Crippen MR) is 104 cm³/mol. The second-order valence-corrected chi connectivity index (χ2v) is 6.60. The number of carbonyl (C=O) groups is 3. The summed E-state index contributed by atoms with van der Waals surface area (Å²) in [6, 6.07) is 5.96. The zero-order chi connectivity index (χ0) is 21.7. The number of amides is 1. The summed E-state index contributed by atoms with van der Waals surface area (Å²) in [6.45, 7) is 2.60. The molecule has 2 aromatic rings. The standard InChI is InChI=1S/C21H23NO8/c1-12-14(20(24)22-15(21(25)27-3)5-7-19(23)26-2)11-17(30-12)13-4-6-16-18(10-13)29-9-8-28-16/h4,6,10-11,15H,5,7-9H2,1-3H3,(H,22,24)/t15-/m0/s1. The second-order valence-electron chi connectivity index (χ2n) is 6.60. The van der Waals surface area contributed by atoms with Gasteiger partial charge in [-0.15, -0.1) is 0 Å². The van der Waals surface area contributed by atoms with Crippen molar-refractivity contribution in [3.8, 4) is 22.8 Å². The Morgan fingerprint density at radius 2 is 1.80 bits per heavy atom. The number of carbonyl (C=O) groups excluding carboxylic acids is 3. The fourth-order valence-electron chi connectivity index (χ4n) is 3.04. The molecule has 1 N–H and O–H groups in total. The summed E-state index contributed by atoms with van der Waals surface area (Å²) in [4.78, 5) is 36.1. The molecule has 2 heterocycles. The van der Waals surface area contributed by atoms with Gasteiger partial charge < -0.3 is 28.7 Å². The van der Waals surface area contributed by atoms with E-state index in [-0.39, 0.29) is 18.4 Å². The van der Waals surface area contributed by atoms with Gasteiger partial charge in [0.2, 0.25) is 0 Å². The van der Waals surface area contributed by atoms with Crippen LogP contribution in [-0.2, 0) is 19.1 Å². The zero-order valence-electron chi connectivity index (χ0n) is 17.0. The molecule has 3 rings (SSSR count). The number of aryl methyl sites for hydroxylation is 1. The van der Waals surface area contributed by atoms with Crippen LogP contribution in [0.25, 0.3) is 11.3 Å². The molecule has 0 radical (unpaired) electrons. The second kappa shape index (κ2) is 9.34. The highest BCUT2D eigenvalue weighted by Gasteiger charge is 2.26. The number of methoxy groups -OCH3 is 2. The number of benzene rings is 1. The van der Waals surface area contributed by atoms with Gasteiger partial charge in [-0.1, -0.05) is 0 Å². The van der Waals surface area contributed by atoms with Gasteiger partial charge in [0.1, 0.15) is 30.8 Å². The molecule has 0 bridgehead atoms. The third-order valence-corrected chi connectivity index (χ3v) is 4.64. The van der Waals surface area contributed by atoms with E-state index in [2.05, 4.69) is 10.1 Å². The van der Waals surface area contributed by atoms with Gasteiger partial charge in [-0.3, -0.25) is 9.59 Å². The number of rotatable bonds is 7. The Labute approximate surface area is 173 Å². The largest absolute Gasteiger partial charge is 0.486 e. The Balaban J connectivity index is 1.77. The van der Waals surface area contributed by atoms with Crippen molar-refractivity contribution in [2.75, 3.05) is 27.4 Å². The van der Waals surface area contributed by atoms with E-state index >= 15 is 0 Å². The molecule has 1 aliphatic rings. The van der Waals surface area contributed by atoms with E-state index in [0.29, 0.717) is 36.2 Å². The van der Waals surface area contributed by atoms with Crippen LogP contribution < -0.4 is 14.8 Å². The molecule has 30 heavy (non-hydrogen) atoms. The molecule has 0 saturated carbocycles. The molecule has 1 amide bonds. The topological polar surface area (TPSA) is 113 Å². The van der Waals surface area contributed by atoms with Crippen molar-refractivity contribution in [3.63, 3.8) is 0 Å². The molecule has 0 fully saturated rings. The molecule has 9 nitrogen and oxygen atoms in total. The molecule has 1 atom stereocenters. The molecule has 0 saturated heterocycles. The molecule has 160 valence electrons. The van der Waals surface area contributed by atoms with Crippen LogP contribution in [-0.4, -0.2) is 51.3 Å². The monoisotopic (exact) mass is 417 g/mol. The quantitative estimate of drug-likeness (QED) is 0.683. The number of hydrogen-bond acceptors (Lipinski definition) is 8. The molecule has 0 aliphatic carbocycles. The molecular weight excluding hydrogens is 394 g/mol. The minimum Gasteiger partial charge on any atom is -0.486 e. The molecule has 1 aliphatic heterocycles. The average Bonchev–Trinajstić information content (AvgIpc) is 3.17. The van der Waals surface area contributed by atoms with Crippen LogP contribution in [0.5, 0.6) is 11.5 Å². The lowest BCUT2D eigenvalue weighted by molar-refractivity contribution is -0.144. The Morgan fingerprint density at radius 3 is 2.50 bits per heavy atom. The third-order valence-electron chi connectivity index (χ3n) is 4.64. The molecule has 1 aromatic heterocycles. The van der Waals surface area contributed by atoms with Gasteiger partial charge in [0, 0.05) is 12.0 Å². The van der Waals surface area contributed by atoms with Crippen molar-refractivity contribution >= 4 is 17.8 Å². The molecule has 9 heteroatoms. The minimum atomic E-state index is -0.992. The van der Waals surface area contributed by atoms with Gasteiger partial charge in [-0.25, -0.2) is 4.79 Å². The van der Waals surface area contributed by atoms with Crippen molar-refractivity contribution in [3.05, 3.63) is 35.6 Å². The molecule has 0 unspecified atom stereocenters. The number of nitrogens with one attached hydrogen (secondary N) is 1. The van der Waals surface area contributed by atoms with Crippen LogP contribution in [0.15, 0.2) is 28.7 Å². The van der Waals surface area contributed by atoms with Crippen molar-refractivity contribution in [2.45, 2.75) is 25.8 Å². The first-order valence-electron chi connectivity index (χ1n) is 9.39. The summed E-state index contributed by atoms with van der Waals surface area (Å²) in [5, 5.41) is 2.59. The highest BCUT2D eigenvalue weighted by Crippen LogP contribution is 2.35. The Hall–Kier alpha value is -3.49. The summed E-state index contributed by atoms with van der Waals surface area (Å²) in [6.07, 6.45) is 0.0143. The van der Waals surface area contributed by atoms with E-state index in [1.165, 1.54) is 14.2 Å². The van der Waals surface area contributed by atoms with Crippen molar-refractivity contribution < 1.29 is 37.7 Å². The fraction of sp³-hybridized carbons (Fsp3) is 0.381. The van der Waals surface area contributed by atoms with E-state index in [9.17, 15) is 14.4 Å². The van der Waals surface area contributed by atoms with Gasteiger partial charge in [0.15, 0.2) is 11.5 Å². The molecule has 0 spiro atoms. The Morgan fingerprint density at radius 1 is 1.07 bits per heavy atom. The first-order chi connectivity index (χ1) is 14.4. The van der Waals surface area contributed by atoms with Crippen molar-refractivity contribution in [1.82, 2.24) is 5.32 Å². The van der Waals surface area contributed by atoms with Crippen LogP contribution >= 0.6 is 0 Å². The first kappa shape index (κ1) is 21.2.